The van der Waals surface area contributed by atoms with E-state index in [1.807, 2.05) is 64.1 Å². The van der Waals surface area contributed by atoms with E-state index >= 15 is 0 Å². The highest BCUT2D eigenvalue weighted by Crippen LogP contribution is 2.36. The second-order valence-corrected chi connectivity index (χ2v) is 8.39. The van der Waals surface area contributed by atoms with E-state index in [-0.39, 0.29) is 22.0 Å². The fraction of sp³-hybridized carbons (Fsp3) is 0.154. The lowest BCUT2D eigenvalue weighted by Gasteiger charge is -2.16. The number of carbonyl (C=O) groups excluding carboxylic acids is 2. The van der Waals surface area contributed by atoms with Crippen LogP contribution in [0.3, 0.4) is 0 Å². The van der Waals surface area contributed by atoms with Gasteiger partial charge in [0.25, 0.3) is 11.8 Å². The van der Waals surface area contributed by atoms with Gasteiger partial charge in [0.2, 0.25) is 0 Å². The number of aryl methyl sites for hydroxylation is 3. The lowest BCUT2D eigenvalue weighted by atomic mass is 9.97. The molecule has 3 aromatic carbocycles. The molecule has 0 bridgehead atoms. The predicted octanol–water partition coefficient (Wildman–Crippen LogP) is 6.11. The van der Waals surface area contributed by atoms with Crippen molar-refractivity contribution in [3.63, 3.8) is 0 Å². The number of anilines is 2. The van der Waals surface area contributed by atoms with Crippen molar-refractivity contribution in [3.05, 3.63) is 99.0 Å². The maximum Gasteiger partial charge on any atom is 0.282 e. The largest absolute Gasteiger partial charge is 0.350 e. The molecule has 1 aliphatic rings. The third-order valence-electron chi connectivity index (χ3n) is 5.76. The number of hydrogen-bond acceptors (Lipinski definition) is 3. The molecule has 4 nitrogen and oxygen atoms in total. The Morgan fingerprint density at radius 1 is 0.875 bits per heavy atom. The van der Waals surface area contributed by atoms with E-state index in [4.69, 9.17) is 11.6 Å². The Bertz CT molecular complexity index is 1310. The molecular weight excluding hydrogens is 427 g/mol. The van der Waals surface area contributed by atoms with Crippen LogP contribution in [0, 0.1) is 33.5 Å². The molecule has 0 saturated carbocycles. The summed E-state index contributed by atoms with van der Waals surface area (Å²) in [5, 5.41) is 3.05. The molecule has 0 aliphatic carbocycles. The molecule has 0 atom stereocenters. The van der Waals surface area contributed by atoms with Crippen LogP contribution in [0.25, 0.3) is 5.57 Å². The van der Waals surface area contributed by atoms with Gasteiger partial charge in [-0.25, -0.2) is 9.29 Å². The van der Waals surface area contributed by atoms with Gasteiger partial charge < -0.3 is 5.32 Å². The van der Waals surface area contributed by atoms with Gasteiger partial charge in [-0.2, -0.15) is 0 Å². The number of imide groups is 1. The normalized spacial score (nSPS) is 13.9. The molecular formula is C26H22ClFN2O2. The van der Waals surface area contributed by atoms with Crippen LogP contribution in [0.1, 0.15) is 27.8 Å². The number of amides is 2. The fourth-order valence-electron chi connectivity index (χ4n) is 3.87. The van der Waals surface area contributed by atoms with E-state index in [0.29, 0.717) is 5.56 Å². The Hall–Kier alpha value is -3.44. The van der Waals surface area contributed by atoms with Crippen LogP contribution in [0.2, 0.25) is 5.02 Å². The van der Waals surface area contributed by atoms with Gasteiger partial charge in [-0.3, -0.25) is 9.59 Å². The molecule has 1 heterocycles. The van der Waals surface area contributed by atoms with Gasteiger partial charge in [0.15, 0.2) is 0 Å². The summed E-state index contributed by atoms with van der Waals surface area (Å²) in [6, 6.07) is 15.2. The van der Waals surface area contributed by atoms with Crippen LogP contribution in [-0.4, -0.2) is 11.8 Å². The molecule has 4 rings (SSSR count). The number of halogens is 2. The first-order chi connectivity index (χ1) is 15.2. The van der Waals surface area contributed by atoms with E-state index in [1.165, 1.54) is 12.1 Å². The molecule has 0 fully saturated rings. The second kappa shape index (κ2) is 8.24. The Morgan fingerprint density at radius 3 is 2.31 bits per heavy atom. The summed E-state index contributed by atoms with van der Waals surface area (Å²) in [5.41, 5.74) is 6.03. The van der Waals surface area contributed by atoms with E-state index in [1.54, 1.807) is 0 Å². The van der Waals surface area contributed by atoms with Gasteiger partial charge in [0.1, 0.15) is 11.5 Å². The van der Waals surface area contributed by atoms with Crippen LogP contribution in [-0.2, 0) is 9.59 Å². The van der Waals surface area contributed by atoms with Crippen LogP contribution in [0.5, 0.6) is 0 Å². The minimum atomic E-state index is -0.620. The third kappa shape index (κ3) is 3.69. The molecule has 3 aromatic rings. The minimum absolute atomic E-state index is 0.160. The van der Waals surface area contributed by atoms with Crippen molar-refractivity contribution in [2.45, 2.75) is 27.7 Å². The highest BCUT2D eigenvalue weighted by molar-refractivity contribution is 6.46. The van der Waals surface area contributed by atoms with Crippen molar-refractivity contribution >= 4 is 40.4 Å². The van der Waals surface area contributed by atoms with E-state index in [0.717, 1.165) is 38.9 Å². The maximum atomic E-state index is 13.7. The highest BCUT2D eigenvalue weighted by Gasteiger charge is 2.41. The number of nitrogens with one attached hydrogen (secondary N) is 1. The second-order valence-electron chi connectivity index (χ2n) is 7.98. The van der Waals surface area contributed by atoms with E-state index in [2.05, 4.69) is 5.32 Å². The monoisotopic (exact) mass is 448 g/mol. The quantitative estimate of drug-likeness (QED) is 0.490. The Morgan fingerprint density at radius 2 is 1.62 bits per heavy atom. The van der Waals surface area contributed by atoms with Crippen molar-refractivity contribution in [2.24, 2.45) is 0 Å². The number of nitrogens with zero attached hydrogens (tertiary/aromatic N) is 1. The molecule has 162 valence electrons. The van der Waals surface area contributed by atoms with Crippen molar-refractivity contribution in [1.82, 2.24) is 0 Å². The summed E-state index contributed by atoms with van der Waals surface area (Å²) in [6.45, 7) is 7.80. The standard InChI is InChI=1S/C26H22ClFN2O2/c1-14-8-10-19(16(3)12-14)23-24(29-22-7-5-6-15(2)17(22)4)26(32)30(25(23)31)18-9-11-21(28)20(27)13-18/h5-13,29H,1-4H3. The van der Waals surface area contributed by atoms with Crippen LogP contribution in [0.15, 0.2) is 60.3 Å². The van der Waals surface area contributed by atoms with Crippen molar-refractivity contribution in [2.75, 3.05) is 10.2 Å². The highest BCUT2D eigenvalue weighted by atomic mass is 35.5. The summed E-state index contributed by atoms with van der Waals surface area (Å²) in [6.07, 6.45) is 0. The summed E-state index contributed by atoms with van der Waals surface area (Å²) in [5.74, 6) is -1.63. The molecule has 0 aromatic heterocycles. The molecule has 6 heteroatoms. The van der Waals surface area contributed by atoms with Gasteiger partial charge in [0.05, 0.1) is 16.3 Å². The predicted molar refractivity (Wildman–Crippen MR) is 126 cm³/mol. The minimum Gasteiger partial charge on any atom is -0.350 e. The average Bonchev–Trinajstić information content (AvgIpc) is 2.97. The van der Waals surface area contributed by atoms with Gasteiger partial charge in [-0.1, -0.05) is 47.5 Å². The molecule has 0 saturated heterocycles. The van der Waals surface area contributed by atoms with Crippen molar-refractivity contribution in [3.8, 4) is 0 Å². The summed E-state index contributed by atoms with van der Waals surface area (Å²) in [7, 11) is 0. The molecule has 1 N–H and O–H groups in total. The third-order valence-corrected chi connectivity index (χ3v) is 6.05. The van der Waals surface area contributed by atoms with Crippen molar-refractivity contribution < 1.29 is 14.0 Å². The molecule has 32 heavy (non-hydrogen) atoms. The Kier molecular flexibility index (Phi) is 5.61. The van der Waals surface area contributed by atoms with Gasteiger partial charge in [0, 0.05) is 5.69 Å². The maximum absolute atomic E-state index is 13.7. The zero-order valence-electron chi connectivity index (χ0n) is 18.2. The topological polar surface area (TPSA) is 49.4 Å². The smallest absolute Gasteiger partial charge is 0.282 e. The van der Waals surface area contributed by atoms with Crippen LogP contribution >= 0.6 is 11.6 Å². The average molecular weight is 449 g/mol. The van der Waals surface area contributed by atoms with Gasteiger partial charge in [-0.15, -0.1) is 0 Å². The Balaban J connectivity index is 1.89. The molecule has 0 unspecified atom stereocenters. The fourth-order valence-corrected chi connectivity index (χ4v) is 4.04. The molecule has 0 spiro atoms. The van der Waals surface area contributed by atoms with Gasteiger partial charge >= 0.3 is 0 Å². The number of hydrogen-bond donors (Lipinski definition) is 1. The summed E-state index contributed by atoms with van der Waals surface area (Å²) < 4.78 is 13.7. The van der Waals surface area contributed by atoms with Gasteiger partial charge in [-0.05, 0) is 74.2 Å². The summed E-state index contributed by atoms with van der Waals surface area (Å²) in [4.78, 5) is 28.1. The Labute approximate surface area is 191 Å². The number of benzene rings is 3. The molecule has 2 amide bonds. The van der Waals surface area contributed by atoms with Crippen LogP contribution in [0.4, 0.5) is 15.8 Å². The van der Waals surface area contributed by atoms with E-state index < -0.39 is 17.6 Å². The van der Waals surface area contributed by atoms with Crippen LogP contribution < -0.4 is 10.2 Å². The first kappa shape index (κ1) is 21.8. The lowest BCUT2D eigenvalue weighted by Crippen LogP contribution is -2.32. The first-order valence-electron chi connectivity index (χ1n) is 10.2. The number of carbonyl (C=O) groups is 2. The summed E-state index contributed by atoms with van der Waals surface area (Å²) >= 11 is 5.93. The molecule has 0 radical (unpaired) electrons. The zero-order valence-corrected chi connectivity index (χ0v) is 19.0. The zero-order chi connectivity index (χ0) is 23.2. The molecule has 1 aliphatic heterocycles. The lowest BCUT2D eigenvalue weighted by molar-refractivity contribution is -0.120. The number of rotatable bonds is 4. The first-order valence-corrected chi connectivity index (χ1v) is 10.6. The van der Waals surface area contributed by atoms with E-state index in [9.17, 15) is 14.0 Å². The SMILES string of the molecule is Cc1ccc(C2=C(Nc3cccc(C)c3C)C(=O)N(c3ccc(F)c(Cl)c3)C2=O)c(C)c1. The van der Waals surface area contributed by atoms with Crippen molar-refractivity contribution in [1.29, 1.82) is 0 Å².